The molecule has 3 fully saturated rings. The highest BCUT2D eigenvalue weighted by Crippen LogP contribution is 2.37. The molecule has 5 heteroatoms. The maximum atomic E-state index is 12.4. The Morgan fingerprint density at radius 3 is 1.86 bits per heavy atom. The van der Waals surface area contributed by atoms with Gasteiger partial charge >= 0.3 is 11.9 Å². The van der Waals surface area contributed by atoms with Crippen LogP contribution in [0.1, 0.15) is 51.4 Å². The summed E-state index contributed by atoms with van der Waals surface area (Å²) in [5.41, 5.74) is 0. The molecule has 0 aromatic rings. The van der Waals surface area contributed by atoms with Gasteiger partial charge in [0.1, 0.15) is 6.10 Å². The fraction of sp³-hybridized carbons (Fsp3) is 0.882. The zero-order valence-corrected chi connectivity index (χ0v) is 13.6. The van der Waals surface area contributed by atoms with Gasteiger partial charge < -0.3 is 14.4 Å². The highest BCUT2D eigenvalue weighted by molar-refractivity contribution is 5.75. The molecule has 0 aromatic carbocycles. The summed E-state index contributed by atoms with van der Waals surface area (Å²) in [6.45, 7) is 0. The molecule has 3 rings (SSSR count). The summed E-state index contributed by atoms with van der Waals surface area (Å²) in [7, 11) is 3.62. The fourth-order valence-electron chi connectivity index (χ4n) is 4.45. The van der Waals surface area contributed by atoms with E-state index in [1.807, 2.05) is 0 Å². The van der Waals surface area contributed by atoms with E-state index in [1.165, 1.54) is 20.0 Å². The number of rotatable bonds is 3. The standard InChI is InChI=1S/C17H27NO4/c1-18-13-7-8-14(18)10-15(9-13)22-17(20)12-5-3-11(4-6-12)16(19)21-2/h11-15H,3-10H2,1-2H3/t11?,12?,13-,14+,15?. The summed E-state index contributed by atoms with van der Waals surface area (Å²) in [5, 5.41) is 0. The maximum Gasteiger partial charge on any atom is 0.309 e. The summed E-state index contributed by atoms with van der Waals surface area (Å²) in [5.74, 6) is -0.248. The number of nitrogens with zero attached hydrogens (tertiary/aromatic N) is 1. The molecule has 5 nitrogen and oxygen atoms in total. The normalized spacial score (nSPS) is 38.5. The van der Waals surface area contributed by atoms with Gasteiger partial charge in [0.05, 0.1) is 18.9 Å². The van der Waals surface area contributed by atoms with Crippen LogP contribution in [-0.4, -0.2) is 49.2 Å². The lowest BCUT2D eigenvalue weighted by atomic mass is 9.82. The van der Waals surface area contributed by atoms with E-state index >= 15 is 0 Å². The van der Waals surface area contributed by atoms with Crippen LogP contribution in [-0.2, 0) is 19.1 Å². The Hall–Kier alpha value is -1.10. The predicted octanol–water partition coefficient (Wildman–Crippen LogP) is 2.13. The number of hydrogen-bond donors (Lipinski definition) is 0. The summed E-state index contributed by atoms with van der Waals surface area (Å²) >= 11 is 0. The Bertz CT molecular complexity index is 416. The van der Waals surface area contributed by atoms with Gasteiger partial charge in [0, 0.05) is 12.1 Å². The first-order chi connectivity index (χ1) is 10.6. The summed E-state index contributed by atoms with van der Waals surface area (Å²) in [6.07, 6.45) is 7.51. The van der Waals surface area contributed by atoms with E-state index in [2.05, 4.69) is 11.9 Å². The van der Waals surface area contributed by atoms with Crippen molar-refractivity contribution in [1.82, 2.24) is 4.90 Å². The second kappa shape index (κ2) is 6.57. The minimum absolute atomic E-state index is 0.0294. The van der Waals surface area contributed by atoms with Crippen molar-refractivity contribution in [1.29, 1.82) is 0 Å². The number of methoxy groups -OCH3 is 1. The maximum absolute atomic E-state index is 12.4. The number of ether oxygens (including phenoxy) is 2. The zero-order valence-electron chi connectivity index (χ0n) is 13.6. The highest BCUT2D eigenvalue weighted by Gasteiger charge is 2.41. The van der Waals surface area contributed by atoms with Gasteiger partial charge in [-0.15, -0.1) is 0 Å². The van der Waals surface area contributed by atoms with E-state index in [4.69, 9.17) is 9.47 Å². The predicted molar refractivity (Wildman–Crippen MR) is 81.2 cm³/mol. The van der Waals surface area contributed by atoms with Crippen molar-refractivity contribution in [3.05, 3.63) is 0 Å². The number of esters is 2. The molecule has 2 heterocycles. The van der Waals surface area contributed by atoms with E-state index in [0.29, 0.717) is 12.1 Å². The quantitative estimate of drug-likeness (QED) is 0.748. The van der Waals surface area contributed by atoms with Gasteiger partial charge in [0.25, 0.3) is 0 Å². The molecule has 3 aliphatic rings. The van der Waals surface area contributed by atoms with Crippen molar-refractivity contribution in [2.24, 2.45) is 11.8 Å². The largest absolute Gasteiger partial charge is 0.469 e. The summed E-state index contributed by atoms with van der Waals surface area (Å²) in [6, 6.07) is 1.18. The second-order valence-corrected chi connectivity index (χ2v) is 7.15. The average molecular weight is 309 g/mol. The van der Waals surface area contributed by atoms with Crippen LogP contribution in [0.5, 0.6) is 0 Å². The van der Waals surface area contributed by atoms with E-state index in [0.717, 1.165) is 38.5 Å². The third-order valence-corrected chi connectivity index (χ3v) is 5.93. The van der Waals surface area contributed by atoms with Crippen molar-refractivity contribution in [3.8, 4) is 0 Å². The highest BCUT2D eigenvalue weighted by atomic mass is 16.5. The van der Waals surface area contributed by atoms with Gasteiger partial charge in [-0.3, -0.25) is 9.59 Å². The van der Waals surface area contributed by atoms with Crippen molar-refractivity contribution in [3.63, 3.8) is 0 Å². The molecule has 1 saturated carbocycles. The Labute approximate surface area is 132 Å². The molecule has 0 amide bonds. The van der Waals surface area contributed by atoms with Crippen LogP contribution in [0, 0.1) is 11.8 Å². The SMILES string of the molecule is COC(=O)C1CCC(C(=O)OC2C[C@H]3CC[C@@H](C2)N3C)CC1. The number of carbonyl (C=O) groups excluding carboxylic acids is 2. The van der Waals surface area contributed by atoms with Gasteiger partial charge in [-0.05, 0) is 58.4 Å². The number of hydrogen-bond acceptors (Lipinski definition) is 5. The van der Waals surface area contributed by atoms with Crippen LogP contribution in [0.25, 0.3) is 0 Å². The molecule has 1 aliphatic carbocycles. The van der Waals surface area contributed by atoms with E-state index in [-0.39, 0.29) is 29.9 Å². The molecular formula is C17H27NO4. The van der Waals surface area contributed by atoms with E-state index < -0.39 is 0 Å². The molecule has 2 bridgehead atoms. The first-order valence-corrected chi connectivity index (χ1v) is 8.58. The van der Waals surface area contributed by atoms with Crippen LogP contribution in [0.15, 0.2) is 0 Å². The molecule has 124 valence electrons. The first kappa shape index (κ1) is 15.8. The molecule has 3 atom stereocenters. The second-order valence-electron chi connectivity index (χ2n) is 7.15. The smallest absolute Gasteiger partial charge is 0.309 e. The van der Waals surface area contributed by atoms with Gasteiger partial charge in [-0.2, -0.15) is 0 Å². The molecule has 0 N–H and O–H groups in total. The number of fused-ring (bicyclic) bond motifs is 2. The summed E-state index contributed by atoms with van der Waals surface area (Å²) < 4.78 is 10.6. The van der Waals surface area contributed by atoms with Crippen molar-refractivity contribution < 1.29 is 19.1 Å². The lowest BCUT2D eigenvalue weighted by Gasteiger charge is -2.36. The van der Waals surface area contributed by atoms with Gasteiger partial charge in [0.2, 0.25) is 0 Å². The Kier molecular flexibility index (Phi) is 4.71. The van der Waals surface area contributed by atoms with Crippen LogP contribution in [0.2, 0.25) is 0 Å². The fourth-order valence-corrected chi connectivity index (χ4v) is 4.45. The van der Waals surface area contributed by atoms with Crippen LogP contribution < -0.4 is 0 Å². The molecule has 0 aromatic heterocycles. The third-order valence-electron chi connectivity index (χ3n) is 5.93. The molecule has 22 heavy (non-hydrogen) atoms. The third kappa shape index (κ3) is 3.14. The van der Waals surface area contributed by atoms with Crippen molar-refractivity contribution in [2.75, 3.05) is 14.2 Å². The Balaban J connectivity index is 1.46. The molecule has 0 spiro atoms. The van der Waals surface area contributed by atoms with E-state index in [9.17, 15) is 9.59 Å². The van der Waals surface area contributed by atoms with Gasteiger partial charge in [0.15, 0.2) is 0 Å². The number of carbonyl (C=O) groups is 2. The number of piperidine rings is 1. The van der Waals surface area contributed by atoms with Crippen LogP contribution >= 0.6 is 0 Å². The first-order valence-electron chi connectivity index (χ1n) is 8.58. The molecule has 2 aliphatic heterocycles. The molecule has 1 unspecified atom stereocenters. The summed E-state index contributed by atoms with van der Waals surface area (Å²) in [4.78, 5) is 26.4. The minimum Gasteiger partial charge on any atom is -0.469 e. The van der Waals surface area contributed by atoms with Crippen molar-refractivity contribution >= 4 is 11.9 Å². The molecule has 0 radical (unpaired) electrons. The molecular weight excluding hydrogens is 282 g/mol. The lowest BCUT2D eigenvalue weighted by molar-refractivity contribution is -0.160. The Morgan fingerprint density at radius 2 is 1.36 bits per heavy atom. The van der Waals surface area contributed by atoms with Gasteiger partial charge in [-0.1, -0.05) is 0 Å². The Morgan fingerprint density at radius 1 is 0.864 bits per heavy atom. The van der Waals surface area contributed by atoms with Crippen LogP contribution in [0.3, 0.4) is 0 Å². The van der Waals surface area contributed by atoms with Crippen LogP contribution in [0.4, 0.5) is 0 Å². The van der Waals surface area contributed by atoms with Gasteiger partial charge in [-0.25, -0.2) is 0 Å². The zero-order chi connectivity index (χ0) is 15.7. The minimum atomic E-state index is -0.140. The van der Waals surface area contributed by atoms with E-state index in [1.54, 1.807) is 0 Å². The molecule has 2 saturated heterocycles. The topological polar surface area (TPSA) is 55.8 Å². The van der Waals surface area contributed by atoms with Crippen molar-refractivity contribution in [2.45, 2.75) is 69.6 Å². The monoisotopic (exact) mass is 309 g/mol. The average Bonchev–Trinajstić information content (AvgIpc) is 2.76. The lowest BCUT2D eigenvalue weighted by Crippen LogP contribution is -2.44.